The molecular formula is C16H29BN3O4. The van der Waals surface area contributed by atoms with E-state index in [1.807, 2.05) is 6.82 Å². The summed E-state index contributed by atoms with van der Waals surface area (Å²) in [5.41, 5.74) is 0. The monoisotopic (exact) mass is 338 g/mol. The van der Waals surface area contributed by atoms with E-state index in [9.17, 15) is 14.7 Å². The molecule has 2 aliphatic heterocycles. The summed E-state index contributed by atoms with van der Waals surface area (Å²) >= 11 is 0. The van der Waals surface area contributed by atoms with Crippen molar-refractivity contribution in [2.24, 2.45) is 5.92 Å². The number of likely N-dealkylation sites (tertiary alicyclic amines) is 1. The first-order valence-corrected chi connectivity index (χ1v) is 8.76. The first-order chi connectivity index (χ1) is 11.5. The van der Waals surface area contributed by atoms with Crippen molar-refractivity contribution in [2.45, 2.75) is 38.2 Å². The smallest absolute Gasteiger partial charge is 0.320 e. The van der Waals surface area contributed by atoms with E-state index in [1.54, 1.807) is 31.3 Å². The molecule has 0 aromatic carbocycles. The molecule has 7 nitrogen and oxygen atoms in total. The van der Waals surface area contributed by atoms with Gasteiger partial charge in [-0.05, 0) is 25.8 Å². The third-order valence-corrected chi connectivity index (χ3v) is 5.26. The fourth-order valence-corrected chi connectivity index (χ4v) is 3.76. The molecule has 8 heteroatoms. The number of methoxy groups -OCH3 is 1. The van der Waals surface area contributed by atoms with Gasteiger partial charge < -0.3 is 19.6 Å². The zero-order chi connectivity index (χ0) is 17.7. The van der Waals surface area contributed by atoms with E-state index in [-0.39, 0.29) is 12.0 Å². The van der Waals surface area contributed by atoms with Crippen molar-refractivity contribution < 1.29 is 19.4 Å². The molecule has 0 unspecified atom stereocenters. The van der Waals surface area contributed by atoms with Gasteiger partial charge in [-0.1, -0.05) is 6.82 Å². The third kappa shape index (κ3) is 4.49. The summed E-state index contributed by atoms with van der Waals surface area (Å²) in [5, 5.41) is 9.55. The average Bonchev–Trinajstić information content (AvgIpc) is 3.06. The number of amides is 1. The zero-order valence-electron chi connectivity index (χ0n) is 15.0. The summed E-state index contributed by atoms with van der Waals surface area (Å²) < 4.78 is 5.36. The summed E-state index contributed by atoms with van der Waals surface area (Å²) in [7, 11) is 5.29. The van der Waals surface area contributed by atoms with Crippen molar-refractivity contribution in [1.82, 2.24) is 14.6 Å². The second-order valence-corrected chi connectivity index (χ2v) is 6.73. The quantitative estimate of drug-likeness (QED) is 0.659. The van der Waals surface area contributed by atoms with Crippen LogP contribution in [0.1, 0.15) is 19.3 Å². The fourth-order valence-electron chi connectivity index (χ4n) is 3.76. The summed E-state index contributed by atoms with van der Waals surface area (Å²) in [4.78, 5) is 30.2. The van der Waals surface area contributed by atoms with Crippen LogP contribution in [-0.2, 0) is 14.3 Å². The van der Waals surface area contributed by atoms with Gasteiger partial charge >= 0.3 is 5.97 Å². The Morgan fingerprint density at radius 3 is 2.67 bits per heavy atom. The van der Waals surface area contributed by atoms with Crippen LogP contribution in [0.5, 0.6) is 0 Å². The second-order valence-electron chi connectivity index (χ2n) is 6.73. The lowest BCUT2D eigenvalue weighted by Crippen LogP contribution is -2.55. The summed E-state index contributed by atoms with van der Waals surface area (Å²) in [6.45, 7) is 5.84. The van der Waals surface area contributed by atoms with Crippen LogP contribution in [0.15, 0.2) is 0 Å². The van der Waals surface area contributed by atoms with E-state index in [1.165, 1.54) is 0 Å². The van der Waals surface area contributed by atoms with Crippen LogP contribution in [0.2, 0.25) is 6.82 Å². The summed E-state index contributed by atoms with van der Waals surface area (Å²) in [5.74, 6) is -1.44. The molecule has 24 heavy (non-hydrogen) atoms. The first kappa shape index (κ1) is 19.2. The largest absolute Gasteiger partial charge is 0.480 e. The van der Waals surface area contributed by atoms with Gasteiger partial charge in [0.2, 0.25) is 13.3 Å². The number of ether oxygens (including phenoxy) is 1. The van der Waals surface area contributed by atoms with Crippen LogP contribution < -0.4 is 0 Å². The highest BCUT2D eigenvalue weighted by Gasteiger charge is 2.41. The molecule has 0 aromatic heterocycles. The van der Waals surface area contributed by atoms with Crippen LogP contribution in [0, 0.1) is 5.92 Å². The standard InChI is InChI=1S/C16H29BN3O4/c1-17-20-7-4-5-13(14(20)16(22)23)15(21)18(2)9-10-19-8-6-12(11-19)24-3/h12-14H,4-11H2,1-3H3,(H,22,23)/t12-,13-,14+/m0/s1. The van der Waals surface area contributed by atoms with Gasteiger partial charge in [0.1, 0.15) is 6.04 Å². The summed E-state index contributed by atoms with van der Waals surface area (Å²) in [6.07, 6.45) is 2.80. The maximum Gasteiger partial charge on any atom is 0.320 e. The number of likely N-dealkylation sites (N-methyl/N-ethyl adjacent to an activating group) is 1. The highest BCUT2D eigenvalue weighted by Crippen LogP contribution is 2.25. The molecular weight excluding hydrogens is 309 g/mol. The molecule has 0 bridgehead atoms. The topological polar surface area (TPSA) is 73.3 Å². The van der Waals surface area contributed by atoms with Gasteiger partial charge in [0.15, 0.2) is 0 Å². The van der Waals surface area contributed by atoms with E-state index < -0.39 is 17.9 Å². The molecule has 2 fully saturated rings. The SMILES string of the molecule is C[B]N1CCC[C@H](C(=O)N(C)CCN2CC[C@H](OC)C2)[C@@H]1C(=O)O. The number of carbonyl (C=O) groups excluding carboxylic acids is 1. The molecule has 0 spiro atoms. The first-order valence-electron chi connectivity index (χ1n) is 8.76. The minimum Gasteiger partial charge on any atom is -0.480 e. The molecule has 2 rings (SSSR count). The minimum absolute atomic E-state index is 0.0589. The van der Waals surface area contributed by atoms with Gasteiger partial charge in [0, 0.05) is 40.3 Å². The molecule has 2 saturated heterocycles. The van der Waals surface area contributed by atoms with Gasteiger partial charge in [-0.2, -0.15) is 0 Å². The lowest BCUT2D eigenvalue weighted by Gasteiger charge is -2.39. The molecule has 135 valence electrons. The predicted molar refractivity (Wildman–Crippen MR) is 92.0 cm³/mol. The maximum absolute atomic E-state index is 12.8. The Labute approximate surface area is 145 Å². The minimum atomic E-state index is -0.915. The Morgan fingerprint density at radius 2 is 2.08 bits per heavy atom. The van der Waals surface area contributed by atoms with Crippen molar-refractivity contribution in [1.29, 1.82) is 0 Å². The molecule has 1 amide bonds. The van der Waals surface area contributed by atoms with Gasteiger partial charge in [0.05, 0.1) is 12.0 Å². The Morgan fingerprint density at radius 1 is 1.33 bits per heavy atom. The van der Waals surface area contributed by atoms with Gasteiger partial charge in [-0.15, -0.1) is 0 Å². The second kappa shape index (κ2) is 8.83. The molecule has 1 N–H and O–H groups in total. The van der Waals surface area contributed by atoms with Crippen molar-refractivity contribution in [3.8, 4) is 0 Å². The lowest BCUT2D eigenvalue weighted by atomic mass is 9.80. The van der Waals surface area contributed by atoms with Gasteiger partial charge in [-0.25, -0.2) is 0 Å². The van der Waals surface area contributed by atoms with E-state index in [2.05, 4.69) is 4.90 Å². The Balaban J connectivity index is 1.90. The number of carbonyl (C=O) groups is 2. The highest BCUT2D eigenvalue weighted by molar-refractivity contribution is 6.30. The van der Waals surface area contributed by atoms with E-state index in [4.69, 9.17) is 4.74 Å². The van der Waals surface area contributed by atoms with Crippen LogP contribution >= 0.6 is 0 Å². The van der Waals surface area contributed by atoms with Gasteiger partial charge in [-0.3, -0.25) is 14.5 Å². The lowest BCUT2D eigenvalue weighted by molar-refractivity contribution is -0.151. The maximum atomic E-state index is 12.8. The van der Waals surface area contributed by atoms with Crippen LogP contribution in [-0.4, -0.2) is 98.0 Å². The Kier molecular flexibility index (Phi) is 7.07. The van der Waals surface area contributed by atoms with E-state index >= 15 is 0 Å². The number of hydrogen-bond donors (Lipinski definition) is 1. The van der Waals surface area contributed by atoms with E-state index in [0.29, 0.717) is 19.5 Å². The van der Waals surface area contributed by atoms with Crippen LogP contribution in [0.3, 0.4) is 0 Å². The Bertz CT molecular complexity index is 451. The van der Waals surface area contributed by atoms with Crippen molar-refractivity contribution in [3.63, 3.8) is 0 Å². The molecule has 0 aliphatic carbocycles. The van der Waals surface area contributed by atoms with Crippen LogP contribution in [0.25, 0.3) is 0 Å². The number of aliphatic carboxylic acids is 1. The zero-order valence-corrected chi connectivity index (χ0v) is 15.0. The van der Waals surface area contributed by atoms with E-state index in [0.717, 1.165) is 32.5 Å². The molecule has 0 saturated carbocycles. The normalized spacial score (nSPS) is 28.7. The number of nitrogens with zero attached hydrogens (tertiary/aromatic N) is 3. The highest BCUT2D eigenvalue weighted by atomic mass is 16.5. The number of hydrogen-bond acceptors (Lipinski definition) is 5. The molecule has 0 aromatic rings. The van der Waals surface area contributed by atoms with Crippen molar-refractivity contribution >= 4 is 19.3 Å². The van der Waals surface area contributed by atoms with Crippen LogP contribution in [0.4, 0.5) is 0 Å². The van der Waals surface area contributed by atoms with Crippen molar-refractivity contribution in [2.75, 3.05) is 46.9 Å². The predicted octanol–water partition coefficient (Wildman–Crippen LogP) is -0.00200. The molecule has 2 heterocycles. The third-order valence-electron chi connectivity index (χ3n) is 5.26. The number of rotatable bonds is 7. The summed E-state index contributed by atoms with van der Waals surface area (Å²) in [6, 6.07) is -0.747. The Hall–Kier alpha value is -1.12. The fraction of sp³-hybridized carbons (Fsp3) is 0.875. The number of piperidine rings is 1. The van der Waals surface area contributed by atoms with Gasteiger partial charge in [0.25, 0.3) is 0 Å². The van der Waals surface area contributed by atoms with Crippen molar-refractivity contribution in [3.05, 3.63) is 0 Å². The number of carboxylic acid groups (broad SMARTS) is 1. The molecule has 3 atom stereocenters. The number of carboxylic acids is 1. The average molecular weight is 338 g/mol. The molecule has 2 aliphatic rings. The molecule has 1 radical (unpaired) electrons.